The maximum Gasteiger partial charge on any atom is 0.239 e. The van der Waals surface area contributed by atoms with Crippen molar-refractivity contribution in [3.63, 3.8) is 0 Å². The number of nitriles is 1. The molecule has 0 atom stereocenters. The molecule has 1 rings (SSSR count). The molecule has 0 unspecified atom stereocenters. The fourth-order valence-corrected chi connectivity index (χ4v) is 0.986. The van der Waals surface area contributed by atoms with E-state index in [1.165, 1.54) is 19.2 Å². The Balaban J connectivity index is 2.68. The van der Waals surface area contributed by atoms with Crippen LogP contribution in [0.4, 0.5) is 10.1 Å². The van der Waals surface area contributed by atoms with Gasteiger partial charge in [-0.1, -0.05) is 0 Å². The highest BCUT2D eigenvalue weighted by Gasteiger charge is 2.03. The van der Waals surface area contributed by atoms with Crippen molar-refractivity contribution >= 4 is 11.6 Å². The Morgan fingerprint density at radius 1 is 1.60 bits per heavy atom. The molecule has 0 heterocycles. The van der Waals surface area contributed by atoms with Crippen molar-refractivity contribution in [2.75, 3.05) is 18.9 Å². The molecule has 0 aliphatic carbocycles. The van der Waals surface area contributed by atoms with Crippen LogP contribution in [0.1, 0.15) is 5.56 Å². The summed E-state index contributed by atoms with van der Waals surface area (Å²) < 4.78 is 13.1. The second-order valence-electron chi connectivity index (χ2n) is 2.83. The van der Waals surface area contributed by atoms with E-state index < -0.39 is 5.82 Å². The number of hydrogen-bond acceptors (Lipinski definition) is 3. The SMILES string of the molecule is CNC(=O)CNc1ccc(C#N)c(F)c1. The van der Waals surface area contributed by atoms with Crippen LogP contribution in [0.15, 0.2) is 18.2 Å². The van der Waals surface area contributed by atoms with Crippen molar-refractivity contribution in [2.45, 2.75) is 0 Å². The Labute approximate surface area is 86.7 Å². The van der Waals surface area contributed by atoms with Crippen molar-refractivity contribution in [3.05, 3.63) is 29.6 Å². The topological polar surface area (TPSA) is 64.9 Å². The molecule has 0 spiro atoms. The molecule has 0 bridgehead atoms. The van der Waals surface area contributed by atoms with Gasteiger partial charge in [-0.3, -0.25) is 4.79 Å². The van der Waals surface area contributed by atoms with E-state index in [4.69, 9.17) is 5.26 Å². The molecule has 5 heteroatoms. The number of nitrogens with zero attached hydrogens (tertiary/aromatic N) is 1. The number of nitrogens with one attached hydrogen (secondary N) is 2. The molecule has 0 fully saturated rings. The molecule has 0 saturated heterocycles. The van der Waals surface area contributed by atoms with Gasteiger partial charge in [-0.2, -0.15) is 5.26 Å². The number of amides is 1. The number of anilines is 1. The molecule has 0 aromatic heterocycles. The first kappa shape index (κ1) is 11.0. The molecule has 78 valence electrons. The minimum absolute atomic E-state index is 0.0134. The minimum Gasteiger partial charge on any atom is -0.376 e. The summed E-state index contributed by atoms with van der Waals surface area (Å²) in [4.78, 5) is 10.9. The fourth-order valence-electron chi connectivity index (χ4n) is 0.986. The maximum absolute atomic E-state index is 13.1. The number of carbonyl (C=O) groups excluding carboxylic acids is 1. The van der Waals surface area contributed by atoms with E-state index in [0.717, 1.165) is 0 Å². The highest BCUT2D eigenvalue weighted by Crippen LogP contribution is 2.13. The van der Waals surface area contributed by atoms with E-state index in [2.05, 4.69) is 10.6 Å². The summed E-state index contributed by atoms with van der Waals surface area (Å²) >= 11 is 0. The van der Waals surface area contributed by atoms with Crippen molar-refractivity contribution < 1.29 is 9.18 Å². The molecule has 1 aromatic carbocycles. The lowest BCUT2D eigenvalue weighted by molar-refractivity contribution is -0.118. The van der Waals surface area contributed by atoms with Crippen LogP contribution in [0, 0.1) is 17.1 Å². The van der Waals surface area contributed by atoms with E-state index in [0.29, 0.717) is 5.69 Å². The Hall–Kier alpha value is -2.09. The number of carbonyl (C=O) groups is 1. The van der Waals surface area contributed by atoms with Gasteiger partial charge < -0.3 is 10.6 Å². The third-order valence-corrected chi connectivity index (χ3v) is 1.82. The van der Waals surface area contributed by atoms with E-state index >= 15 is 0 Å². The zero-order valence-electron chi connectivity index (χ0n) is 8.17. The first-order chi connectivity index (χ1) is 7.17. The summed E-state index contributed by atoms with van der Waals surface area (Å²) in [5.74, 6) is -0.792. The largest absolute Gasteiger partial charge is 0.376 e. The predicted octanol–water partition coefficient (Wildman–Crippen LogP) is 0.855. The van der Waals surface area contributed by atoms with Crippen LogP contribution in [0.5, 0.6) is 0 Å². The number of benzene rings is 1. The monoisotopic (exact) mass is 207 g/mol. The van der Waals surface area contributed by atoms with Crippen LogP contribution in [-0.2, 0) is 4.79 Å². The second-order valence-corrected chi connectivity index (χ2v) is 2.83. The average molecular weight is 207 g/mol. The zero-order chi connectivity index (χ0) is 11.3. The molecule has 1 amide bonds. The highest BCUT2D eigenvalue weighted by molar-refractivity contribution is 5.80. The van der Waals surface area contributed by atoms with Gasteiger partial charge in [-0.15, -0.1) is 0 Å². The smallest absolute Gasteiger partial charge is 0.239 e. The average Bonchev–Trinajstić information content (AvgIpc) is 2.26. The van der Waals surface area contributed by atoms with Crippen molar-refractivity contribution in [2.24, 2.45) is 0 Å². The van der Waals surface area contributed by atoms with Crippen LogP contribution in [0.2, 0.25) is 0 Å². The summed E-state index contributed by atoms with van der Waals surface area (Å²) in [6.07, 6.45) is 0. The number of rotatable bonds is 3. The van der Waals surface area contributed by atoms with Gasteiger partial charge in [-0.25, -0.2) is 4.39 Å². The van der Waals surface area contributed by atoms with Crippen molar-refractivity contribution in [1.82, 2.24) is 5.32 Å². The second kappa shape index (κ2) is 4.96. The van der Waals surface area contributed by atoms with Crippen LogP contribution >= 0.6 is 0 Å². The van der Waals surface area contributed by atoms with E-state index in [-0.39, 0.29) is 18.0 Å². The van der Waals surface area contributed by atoms with Crippen LogP contribution in [0.25, 0.3) is 0 Å². The van der Waals surface area contributed by atoms with Crippen LogP contribution < -0.4 is 10.6 Å². The number of halogens is 1. The summed E-state index contributed by atoms with van der Waals surface area (Å²) in [6.45, 7) is 0.0713. The van der Waals surface area contributed by atoms with Crippen molar-refractivity contribution in [1.29, 1.82) is 5.26 Å². The first-order valence-corrected chi connectivity index (χ1v) is 4.31. The molecule has 15 heavy (non-hydrogen) atoms. The van der Waals surface area contributed by atoms with E-state index in [1.807, 2.05) is 0 Å². The van der Waals surface area contributed by atoms with Gasteiger partial charge in [0, 0.05) is 12.7 Å². The summed E-state index contributed by atoms with van der Waals surface area (Å²) in [6, 6.07) is 5.81. The number of likely N-dealkylation sites (N-methyl/N-ethyl adjacent to an activating group) is 1. The fraction of sp³-hybridized carbons (Fsp3) is 0.200. The molecule has 0 aliphatic heterocycles. The Morgan fingerprint density at radius 2 is 2.33 bits per heavy atom. The van der Waals surface area contributed by atoms with Crippen molar-refractivity contribution in [3.8, 4) is 6.07 Å². The Morgan fingerprint density at radius 3 is 2.87 bits per heavy atom. The molecule has 1 aromatic rings. The van der Waals surface area contributed by atoms with Gasteiger partial charge in [-0.05, 0) is 18.2 Å². The maximum atomic E-state index is 13.1. The van der Waals surface area contributed by atoms with Gasteiger partial charge in [0.1, 0.15) is 11.9 Å². The summed E-state index contributed by atoms with van der Waals surface area (Å²) in [5, 5.41) is 13.6. The lowest BCUT2D eigenvalue weighted by atomic mass is 10.2. The first-order valence-electron chi connectivity index (χ1n) is 4.31. The Kier molecular flexibility index (Phi) is 3.63. The molecule has 0 radical (unpaired) electrons. The van der Waals surface area contributed by atoms with Gasteiger partial charge in [0.25, 0.3) is 0 Å². The standard InChI is InChI=1S/C10H10FN3O/c1-13-10(15)6-14-8-3-2-7(5-12)9(11)4-8/h2-4,14H,6H2,1H3,(H,13,15). The normalized spacial score (nSPS) is 9.13. The lowest BCUT2D eigenvalue weighted by Crippen LogP contribution is -2.26. The molecule has 2 N–H and O–H groups in total. The summed E-state index contributed by atoms with van der Waals surface area (Å²) in [7, 11) is 1.52. The third kappa shape index (κ3) is 2.95. The third-order valence-electron chi connectivity index (χ3n) is 1.82. The van der Waals surface area contributed by atoms with E-state index in [1.54, 1.807) is 12.1 Å². The molecular formula is C10H10FN3O. The predicted molar refractivity (Wildman–Crippen MR) is 53.7 cm³/mol. The van der Waals surface area contributed by atoms with Crippen LogP contribution in [-0.4, -0.2) is 19.5 Å². The van der Waals surface area contributed by atoms with Gasteiger partial charge in [0.05, 0.1) is 12.1 Å². The quantitative estimate of drug-likeness (QED) is 0.772. The minimum atomic E-state index is -0.598. The van der Waals surface area contributed by atoms with Gasteiger partial charge in [0.15, 0.2) is 0 Å². The molecule has 0 aliphatic rings. The number of hydrogen-bond donors (Lipinski definition) is 2. The van der Waals surface area contributed by atoms with Crippen LogP contribution in [0.3, 0.4) is 0 Å². The summed E-state index contributed by atoms with van der Waals surface area (Å²) in [5.41, 5.74) is 0.454. The molecular weight excluding hydrogens is 197 g/mol. The highest BCUT2D eigenvalue weighted by atomic mass is 19.1. The zero-order valence-corrected chi connectivity index (χ0v) is 8.17. The van der Waals surface area contributed by atoms with Gasteiger partial charge in [0.2, 0.25) is 5.91 Å². The van der Waals surface area contributed by atoms with Gasteiger partial charge >= 0.3 is 0 Å². The van der Waals surface area contributed by atoms with E-state index in [9.17, 15) is 9.18 Å². The molecule has 4 nitrogen and oxygen atoms in total. The lowest BCUT2D eigenvalue weighted by Gasteiger charge is -2.05. The molecule has 0 saturated carbocycles. The Bertz CT molecular complexity index is 412.